The fourth-order valence-corrected chi connectivity index (χ4v) is 4.15. The Morgan fingerprint density at radius 3 is 1.93 bits per heavy atom. The number of hydrogen-bond acceptors (Lipinski definition) is 1. The summed E-state index contributed by atoms with van der Waals surface area (Å²) in [5.41, 5.74) is 3.87. The van der Waals surface area contributed by atoms with E-state index in [2.05, 4.69) is 79.0 Å². The Morgan fingerprint density at radius 1 is 0.586 bits per heavy atom. The first kappa shape index (κ1) is 21.4. The second-order valence-electron chi connectivity index (χ2n) is 8.18. The van der Waals surface area contributed by atoms with Gasteiger partial charge in [-0.1, -0.05) is 131 Å². The topological polar surface area (TPSA) is 12.0 Å². The van der Waals surface area contributed by atoms with Gasteiger partial charge in [0, 0.05) is 23.2 Å². The lowest BCUT2D eigenvalue weighted by molar-refractivity contribution is 0.560. The van der Waals surface area contributed by atoms with Gasteiger partial charge in [-0.2, -0.15) is 0 Å². The molecule has 0 amide bonds. The lowest BCUT2D eigenvalue weighted by Gasteiger charge is -2.16. The van der Waals surface area contributed by atoms with E-state index in [9.17, 15) is 0 Å². The molecule has 0 saturated carbocycles. The molecule has 0 heterocycles. The number of hydrogen-bond donors (Lipinski definition) is 1. The van der Waals surface area contributed by atoms with Gasteiger partial charge in [-0.15, -0.1) is 0 Å². The molecule has 1 heteroatoms. The highest BCUT2D eigenvalue weighted by molar-refractivity contribution is 6.01. The van der Waals surface area contributed by atoms with Crippen LogP contribution >= 0.6 is 0 Å². The maximum absolute atomic E-state index is 3.78. The van der Waals surface area contributed by atoms with Crippen LogP contribution in [-0.2, 0) is 0 Å². The third-order valence-electron chi connectivity index (χ3n) is 5.85. The number of nitrogens with one attached hydrogen (secondary N) is 1. The molecular weight excluding hydrogens is 350 g/mol. The van der Waals surface area contributed by atoms with Crippen LogP contribution in [-0.4, -0.2) is 6.54 Å². The lowest BCUT2D eigenvalue weighted by Crippen LogP contribution is -2.03. The van der Waals surface area contributed by atoms with E-state index < -0.39 is 0 Å². The van der Waals surface area contributed by atoms with Gasteiger partial charge in [0.25, 0.3) is 0 Å². The highest BCUT2D eigenvalue weighted by Gasteiger charge is 2.09. The quantitative estimate of drug-likeness (QED) is 0.289. The smallest absolute Gasteiger partial charge is 0.0499 e. The number of anilines is 1. The van der Waals surface area contributed by atoms with E-state index in [4.69, 9.17) is 0 Å². The molecule has 0 bridgehead atoms. The summed E-state index contributed by atoms with van der Waals surface area (Å²) in [6, 6.07) is 23.9. The predicted molar refractivity (Wildman–Crippen MR) is 130 cm³/mol. The predicted octanol–water partition coefficient (Wildman–Crippen LogP) is 8.84. The van der Waals surface area contributed by atoms with Gasteiger partial charge in [0.1, 0.15) is 0 Å². The van der Waals surface area contributed by atoms with Crippen LogP contribution in [0.5, 0.6) is 0 Å². The molecule has 1 N–H and O–H groups in total. The van der Waals surface area contributed by atoms with Crippen LogP contribution in [0.25, 0.3) is 21.9 Å². The minimum Gasteiger partial charge on any atom is -0.384 e. The fourth-order valence-electron chi connectivity index (χ4n) is 4.15. The first-order chi connectivity index (χ1) is 14.4. The molecule has 3 rings (SSSR count). The van der Waals surface area contributed by atoms with Crippen LogP contribution < -0.4 is 5.32 Å². The van der Waals surface area contributed by atoms with Crippen LogP contribution in [0, 0.1) is 0 Å². The number of rotatable bonds is 13. The van der Waals surface area contributed by atoms with Gasteiger partial charge < -0.3 is 5.32 Å². The van der Waals surface area contributed by atoms with E-state index in [1.807, 2.05) is 0 Å². The molecule has 154 valence electrons. The highest BCUT2D eigenvalue weighted by atomic mass is 14.9. The zero-order chi connectivity index (χ0) is 20.2. The molecular formula is C28H37N. The SMILES string of the molecule is CCCCCCCCCCCCNc1c(-c2ccccc2)ccc2ccccc12. The third kappa shape index (κ3) is 6.63. The van der Waals surface area contributed by atoms with Crippen molar-refractivity contribution in [1.29, 1.82) is 0 Å². The second kappa shape index (κ2) is 12.3. The van der Waals surface area contributed by atoms with E-state index in [1.54, 1.807) is 0 Å². The minimum absolute atomic E-state index is 1.05. The lowest BCUT2D eigenvalue weighted by atomic mass is 9.98. The molecule has 3 aromatic carbocycles. The average molecular weight is 388 g/mol. The van der Waals surface area contributed by atoms with Gasteiger partial charge >= 0.3 is 0 Å². The van der Waals surface area contributed by atoms with Crippen LogP contribution in [0.4, 0.5) is 5.69 Å². The Bertz CT molecular complexity index is 837. The van der Waals surface area contributed by atoms with Crippen molar-refractivity contribution in [3.05, 3.63) is 66.7 Å². The average Bonchev–Trinajstić information content (AvgIpc) is 2.78. The van der Waals surface area contributed by atoms with Gasteiger partial charge in [0.15, 0.2) is 0 Å². The van der Waals surface area contributed by atoms with Crippen molar-refractivity contribution in [2.75, 3.05) is 11.9 Å². The Hall–Kier alpha value is -2.28. The summed E-state index contributed by atoms with van der Waals surface area (Å²) in [6.45, 7) is 3.33. The number of unbranched alkanes of at least 4 members (excludes halogenated alkanes) is 9. The monoisotopic (exact) mass is 387 g/mol. The molecule has 0 aliphatic carbocycles. The maximum Gasteiger partial charge on any atom is 0.0499 e. The van der Waals surface area contributed by atoms with Crippen LogP contribution in [0.2, 0.25) is 0 Å². The number of benzene rings is 3. The zero-order valence-corrected chi connectivity index (χ0v) is 18.1. The molecule has 0 unspecified atom stereocenters. The standard InChI is InChI=1S/C28H37N/c1-2-3-4-5-6-7-8-9-10-16-23-29-28-26-20-15-14-19-25(26)21-22-27(28)24-17-12-11-13-18-24/h11-15,17-22,29H,2-10,16,23H2,1H3. The molecule has 1 nitrogen and oxygen atoms in total. The van der Waals surface area contributed by atoms with Crippen molar-refractivity contribution in [2.24, 2.45) is 0 Å². The van der Waals surface area contributed by atoms with Gasteiger partial charge in [-0.05, 0) is 17.4 Å². The van der Waals surface area contributed by atoms with Crippen LogP contribution in [0.3, 0.4) is 0 Å². The molecule has 29 heavy (non-hydrogen) atoms. The van der Waals surface area contributed by atoms with E-state index in [0.717, 1.165) is 6.54 Å². The van der Waals surface area contributed by atoms with Gasteiger partial charge in [-0.3, -0.25) is 0 Å². The summed E-state index contributed by atoms with van der Waals surface area (Å²) in [7, 11) is 0. The molecule has 0 radical (unpaired) electrons. The Morgan fingerprint density at radius 2 is 1.21 bits per heavy atom. The van der Waals surface area contributed by atoms with Crippen LogP contribution in [0.1, 0.15) is 71.1 Å². The highest BCUT2D eigenvalue weighted by Crippen LogP contribution is 2.34. The Kier molecular flexibility index (Phi) is 9.10. The molecule has 0 aliphatic rings. The van der Waals surface area contributed by atoms with Crippen molar-refractivity contribution in [2.45, 2.75) is 71.1 Å². The van der Waals surface area contributed by atoms with Crippen LogP contribution in [0.15, 0.2) is 66.7 Å². The third-order valence-corrected chi connectivity index (χ3v) is 5.85. The van der Waals surface area contributed by atoms with Gasteiger partial charge in [0.2, 0.25) is 0 Å². The summed E-state index contributed by atoms with van der Waals surface area (Å²) < 4.78 is 0. The summed E-state index contributed by atoms with van der Waals surface area (Å²) in [6.07, 6.45) is 13.8. The second-order valence-corrected chi connectivity index (χ2v) is 8.18. The molecule has 3 aromatic rings. The van der Waals surface area contributed by atoms with Gasteiger partial charge in [-0.25, -0.2) is 0 Å². The normalized spacial score (nSPS) is 11.1. The van der Waals surface area contributed by atoms with E-state index in [1.165, 1.54) is 91.8 Å². The van der Waals surface area contributed by atoms with E-state index >= 15 is 0 Å². The van der Waals surface area contributed by atoms with Gasteiger partial charge in [0.05, 0.1) is 0 Å². The summed E-state index contributed by atoms with van der Waals surface area (Å²) >= 11 is 0. The first-order valence-electron chi connectivity index (χ1n) is 11.7. The van der Waals surface area contributed by atoms with E-state index in [0.29, 0.717) is 0 Å². The van der Waals surface area contributed by atoms with E-state index in [-0.39, 0.29) is 0 Å². The number of fused-ring (bicyclic) bond motifs is 1. The molecule has 0 aliphatic heterocycles. The van der Waals surface area contributed by atoms with Crippen molar-refractivity contribution in [1.82, 2.24) is 0 Å². The summed E-state index contributed by atoms with van der Waals surface area (Å²) in [5.74, 6) is 0. The summed E-state index contributed by atoms with van der Waals surface area (Å²) in [4.78, 5) is 0. The first-order valence-corrected chi connectivity index (χ1v) is 11.7. The van der Waals surface area contributed by atoms with Crippen molar-refractivity contribution in [3.8, 4) is 11.1 Å². The van der Waals surface area contributed by atoms with Crippen molar-refractivity contribution >= 4 is 16.5 Å². The van der Waals surface area contributed by atoms with Crippen molar-refractivity contribution < 1.29 is 0 Å². The molecule has 0 aromatic heterocycles. The summed E-state index contributed by atoms with van der Waals surface area (Å²) in [5, 5.41) is 6.40. The Labute approximate surface area is 177 Å². The minimum atomic E-state index is 1.05. The van der Waals surface area contributed by atoms with Crippen molar-refractivity contribution in [3.63, 3.8) is 0 Å². The maximum atomic E-state index is 3.78. The molecule has 0 fully saturated rings. The largest absolute Gasteiger partial charge is 0.384 e. The zero-order valence-electron chi connectivity index (χ0n) is 18.1. The Balaban J connectivity index is 1.51. The fraction of sp³-hybridized carbons (Fsp3) is 0.429. The molecule has 0 saturated heterocycles. The molecule has 0 atom stereocenters. The molecule has 0 spiro atoms.